The second kappa shape index (κ2) is 6.53. The van der Waals surface area contributed by atoms with Crippen LogP contribution >= 0.6 is 11.3 Å². The Hall–Kier alpha value is -1.92. The van der Waals surface area contributed by atoms with Crippen molar-refractivity contribution in [2.24, 2.45) is 5.92 Å². The minimum Gasteiger partial charge on any atom is -0.476 e. The number of aryl methyl sites for hydroxylation is 1. The maximum absolute atomic E-state index is 5.98. The maximum atomic E-state index is 5.98. The summed E-state index contributed by atoms with van der Waals surface area (Å²) in [6.45, 7) is 5.13. The number of rotatable bonds is 4. The first-order valence-corrected chi connectivity index (χ1v) is 9.28. The lowest BCUT2D eigenvalue weighted by Crippen LogP contribution is -2.34. The van der Waals surface area contributed by atoms with Gasteiger partial charge in [0.2, 0.25) is 5.88 Å². The van der Waals surface area contributed by atoms with Crippen LogP contribution in [0.15, 0.2) is 29.8 Å². The molecule has 0 saturated carbocycles. The molecule has 1 saturated heterocycles. The van der Waals surface area contributed by atoms with Gasteiger partial charge < -0.3 is 9.64 Å². The van der Waals surface area contributed by atoms with E-state index < -0.39 is 0 Å². The molecule has 0 N–H and O–H groups in total. The number of hydrogen-bond acceptors (Lipinski definition) is 5. The van der Waals surface area contributed by atoms with Crippen LogP contribution in [0.1, 0.15) is 18.4 Å². The number of aromatic nitrogens is 3. The summed E-state index contributed by atoms with van der Waals surface area (Å²) in [5, 5.41) is 6.80. The van der Waals surface area contributed by atoms with Gasteiger partial charge in [-0.15, -0.1) is 16.4 Å². The molecule has 4 heterocycles. The summed E-state index contributed by atoms with van der Waals surface area (Å²) in [5.41, 5.74) is 3.13. The van der Waals surface area contributed by atoms with Gasteiger partial charge in [-0.25, -0.2) is 9.50 Å². The first-order valence-electron chi connectivity index (χ1n) is 8.41. The molecule has 0 spiro atoms. The van der Waals surface area contributed by atoms with Gasteiger partial charge in [0, 0.05) is 18.5 Å². The first kappa shape index (κ1) is 15.6. The molecule has 3 aromatic rings. The maximum Gasteiger partial charge on any atom is 0.231 e. The molecule has 1 atom stereocenters. The highest BCUT2D eigenvalue weighted by Gasteiger charge is 2.18. The number of piperidine rings is 1. The number of ether oxygens (including phenoxy) is 1. The standard InChI is InChI=1S/C18H22N4OS/c1-13-8-16(24-12-13)15-9-19-17-5-6-18(20-22(15)17)23-11-14-4-3-7-21(2)10-14/h5-6,8-9,12,14H,3-4,7,10-11H2,1-2H3. The van der Waals surface area contributed by atoms with Crippen LogP contribution in [0.3, 0.4) is 0 Å². The van der Waals surface area contributed by atoms with Crippen LogP contribution in [0, 0.1) is 12.8 Å². The number of likely N-dealkylation sites (tertiary alicyclic amines) is 1. The minimum absolute atomic E-state index is 0.587. The monoisotopic (exact) mass is 342 g/mol. The van der Waals surface area contributed by atoms with Crippen LogP contribution in [0.4, 0.5) is 0 Å². The van der Waals surface area contributed by atoms with E-state index in [1.807, 2.05) is 22.8 Å². The molecule has 1 fully saturated rings. The zero-order chi connectivity index (χ0) is 16.5. The van der Waals surface area contributed by atoms with Crippen molar-refractivity contribution in [1.82, 2.24) is 19.5 Å². The Morgan fingerprint density at radius 3 is 3.08 bits per heavy atom. The average Bonchev–Trinajstić information content (AvgIpc) is 3.18. The highest BCUT2D eigenvalue weighted by atomic mass is 32.1. The highest BCUT2D eigenvalue weighted by Crippen LogP contribution is 2.27. The van der Waals surface area contributed by atoms with Gasteiger partial charge in [0.15, 0.2) is 5.65 Å². The topological polar surface area (TPSA) is 42.7 Å². The zero-order valence-corrected chi connectivity index (χ0v) is 14.9. The van der Waals surface area contributed by atoms with Crippen LogP contribution in [0.25, 0.3) is 16.2 Å². The molecule has 1 aliphatic heterocycles. The van der Waals surface area contributed by atoms with Gasteiger partial charge in [-0.1, -0.05) is 0 Å². The predicted molar refractivity (Wildman–Crippen MR) is 96.8 cm³/mol. The van der Waals surface area contributed by atoms with E-state index in [0.717, 1.165) is 24.5 Å². The SMILES string of the molecule is Cc1csc(-c2cnc3ccc(OCC4CCCN(C)C4)nn23)c1. The van der Waals surface area contributed by atoms with Crippen LogP contribution < -0.4 is 4.74 Å². The van der Waals surface area contributed by atoms with Gasteiger partial charge in [0.25, 0.3) is 0 Å². The molecule has 1 aliphatic rings. The van der Waals surface area contributed by atoms with Crippen LogP contribution in [0.5, 0.6) is 5.88 Å². The van der Waals surface area contributed by atoms with Crippen molar-refractivity contribution in [3.05, 3.63) is 35.3 Å². The van der Waals surface area contributed by atoms with Crippen molar-refractivity contribution in [2.45, 2.75) is 19.8 Å². The van der Waals surface area contributed by atoms with E-state index in [9.17, 15) is 0 Å². The fourth-order valence-corrected chi connectivity index (χ4v) is 4.17. The third kappa shape index (κ3) is 3.16. The molecule has 6 heteroatoms. The molecule has 24 heavy (non-hydrogen) atoms. The van der Waals surface area contributed by atoms with Crippen LogP contribution in [-0.2, 0) is 0 Å². The van der Waals surface area contributed by atoms with Crippen LogP contribution in [0.2, 0.25) is 0 Å². The largest absolute Gasteiger partial charge is 0.476 e. The fourth-order valence-electron chi connectivity index (χ4n) is 3.28. The zero-order valence-electron chi connectivity index (χ0n) is 14.1. The molecule has 3 aromatic heterocycles. The van der Waals surface area contributed by atoms with E-state index in [4.69, 9.17) is 4.74 Å². The molecule has 5 nitrogen and oxygen atoms in total. The van der Waals surface area contributed by atoms with Crippen molar-refractivity contribution >= 4 is 17.0 Å². The van der Waals surface area contributed by atoms with Crippen molar-refractivity contribution in [1.29, 1.82) is 0 Å². The number of nitrogens with zero attached hydrogens (tertiary/aromatic N) is 4. The van der Waals surface area contributed by atoms with Gasteiger partial charge in [-0.3, -0.25) is 0 Å². The Morgan fingerprint density at radius 2 is 2.29 bits per heavy atom. The van der Waals surface area contributed by atoms with Gasteiger partial charge >= 0.3 is 0 Å². The Kier molecular flexibility index (Phi) is 4.24. The normalized spacial score (nSPS) is 19.0. The smallest absolute Gasteiger partial charge is 0.231 e. The predicted octanol–water partition coefficient (Wildman–Crippen LogP) is 3.49. The number of imidazole rings is 1. The first-order chi connectivity index (χ1) is 11.7. The lowest BCUT2D eigenvalue weighted by Gasteiger charge is -2.29. The number of thiophene rings is 1. The summed E-state index contributed by atoms with van der Waals surface area (Å²) in [5.74, 6) is 1.26. The van der Waals surface area contributed by atoms with Crippen molar-refractivity contribution < 1.29 is 4.74 Å². The molecule has 4 rings (SSSR count). The average molecular weight is 342 g/mol. The molecular weight excluding hydrogens is 320 g/mol. The number of fused-ring (bicyclic) bond motifs is 1. The molecule has 126 valence electrons. The third-order valence-corrected chi connectivity index (χ3v) is 5.58. The van der Waals surface area contributed by atoms with Gasteiger partial charge in [0.1, 0.15) is 5.69 Å². The highest BCUT2D eigenvalue weighted by molar-refractivity contribution is 7.13. The molecule has 1 unspecified atom stereocenters. The van der Waals surface area contributed by atoms with Crippen molar-refractivity contribution in [3.8, 4) is 16.5 Å². The van der Waals surface area contributed by atoms with Gasteiger partial charge in [0.05, 0.1) is 17.7 Å². The van der Waals surface area contributed by atoms with Crippen molar-refractivity contribution in [3.63, 3.8) is 0 Å². The van der Waals surface area contributed by atoms with E-state index in [1.54, 1.807) is 11.3 Å². The van der Waals surface area contributed by atoms with E-state index in [0.29, 0.717) is 11.8 Å². The van der Waals surface area contributed by atoms with E-state index in [2.05, 4.69) is 40.4 Å². The van der Waals surface area contributed by atoms with Gasteiger partial charge in [-0.2, -0.15) is 0 Å². The second-order valence-corrected chi connectivity index (χ2v) is 7.57. The Bertz CT molecular complexity index is 841. The van der Waals surface area contributed by atoms with Crippen molar-refractivity contribution in [2.75, 3.05) is 26.7 Å². The second-order valence-electron chi connectivity index (χ2n) is 6.65. The molecule has 0 amide bonds. The summed E-state index contributed by atoms with van der Waals surface area (Å²) >= 11 is 1.72. The lowest BCUT2D eigenvalue weighted by molar-refractivity contribution is 0.146. The van der Waals surface area contributed by atoms with E-state index in [1.165, 1.54) is 29.8 Å². The lowest BCUT2D eigenvalue weighted by atomic mass is 10.00. The van der Waals surface area contributed by atoms with E-state index >= 15 is 0 Å². The molecule has 0 bridgehead atoms. The Morgan fingerprint density at radius 1 is 1.38 bits per heavy atom. The summed E-state index contributed by atoms with van der Waals surface area (Å²) in [7, 11) is 2.18. The summed E-state index contributed by atoms with van der Waals surface area (Å²) in [6, 6.07) is 6.05. The summed E-state index contributed by atoms with van der Waals surface area (Å²) in [6.07, 6.45) is 4.37. The van der Waals surface area contributed by atoms with Crippen LogP contribution in [-0.4, -0.2) is 46.2 Å². The van der Waals surface area contributed by atoms with Gasteiger partial charge in [-0.05, 0) is 56.4 Å². The minimum atomic E-state index is 0.587. The molecule has 0 aliphatic carbocycles. The number of hydrogen-bond donors (Lipinski definition) is 0. The molecular formula is C18H22N4OS. The Balaban J connectivity index is 1.54. The molecule has 0 radical (unpaired) electrons. The van der Waals surface area contributed by atoms with E-state index in [-0.39, 0.29) is 0 Å². The fraction of sp³-hybridized carbons (Fsp3) is 0.444. The Labute approximate surface area is 145 Å². The summed E-state index contributed by atoms with van der Waals surface area (Å²) in [4.78, 5) is 8.01. The third-order valence-electron chi connectivity index (χ3n) is 4.51. The molecule has 0 aromatic carbocycles. The summed E-state index contributed by atoms with van der Waals surface area (Å²) < 4.78 is 7.87. The quantitative estimate of drug-likeness (QED) is 0.728.